The maximum Gasteiger partial charge on any atom is 0.123 e. The minimum atomic E-state index is 0.330. The lowest BCUT2D eigenvalue weighted by Gasteiger charge is -2.59. The molecule has 0 bridgehead atoms. The van der Waals surface area contributed by atoms with Gasteiger partial charge in [-0.15, -0.1) is 0 Å². The first kappa shape index (κ1) is 14.0. The third-order valence-electron chi connectivity index (χ3n) is 8.45. The van der Waals surface area contributed by atoms with Crippen LogP contribution in [0.25, 0.3) is 0 Å². The summed E-state index contributed by atoms with van der Waals surface area (Å²) in [5.74, 6) is 3.93. The van der Waals surface area contributed by atoms with E-state index >= 15 is 0 Å². The monoisotopic (exact) mass is 286 g/mol. The van der Waals surface area contributed by atoms with Crippen LogP contribution in [0.1, 0.15) is 65.2 Å². The topological polar surface area (TPSA) is 17.1 Å². The van der Waals surface area contributed by atoms with Gasteiger partial charge in [0.15, 0.2) is 0 Å². The van der Waals surface area contributed by atoms with Crippen molar-refractivity contribution < 1.29 is 4.79 Å². The standard InChI is InChI=1S/C20H30O/c1-19-11-4-3-5-14(19)6-8-16-17-9-7-15(13-21)20(17,2)12-10-18(16)19/h3-4,13-18H,5-12H2,1-2H3/t14?,15?,16-,17-,18-,19-,20+/m0/s1. The minimum absolute atomic E-state index is 0.330. The first-order valence-electron chi connectivity index (χ1n) is 9.20. The summed E-state index contributed by atoms with van der Waals surface area (Å²) < 4.78 is 0. The van der Waals surface area contributed by atoms with Crippen molar-refractivity contribution in [2.45, 2.75) is 65.2 Å². The fourth-order valence-corrected chi connectivity index (χ4v) is 7.10. The van der Waals surface area contributed by atoms with E-state index in [1.54, 1.807) is 0 Å². The lowest BCUT2D eigenvalue weighted by atomic mass is 9.45. The van der Waals surface area contributed by atoms with Gasteiger partial charge in [-0.25, -0.2) is 0 Å². The normalized spacial score (nSPS) is 55.4. The Balaban J connectivity index is 1.66. The van der Waals surface area contributed by atoms with Crippen molar-refractivity contribution in [2.75, 3.05) is 0 Å². The predicted molar refractivity (Wildman–Crippen MR) is 85.8 cm³/mol. The molecule has 3 fully saturated rings. The molecule has 4 aliphatic carbocycles. The Morgan fingerprint density at radius 1 is 0.952 bits per heavy atom. The van der Waals surface area contributed by atoms with Crippen LogP contribution in [0, 0.1) is 40.4 Å². The molecule has 0 heterocycles. The highest BCUT2D eigenvalue weighted by Gasteiger charge is 2.59. The maximum atomic E-state index is 11.5. The van der Waals surface area contributed by atoms with Crippen molar-refractivity contribution in [2.24, 2.45) is 40.4 Å². The van der Waals surface area contributed by atoms with Crippen LogP contribution >= 0.6 is 0 Å². The summed E-state index contributed by atoms with van der Waals surface area (Å²) in [4.78, 5) is 11.5. The molecule has 4 aliphatic rings. The number of rotatable bonds is 1. The van der Waals surface area contributed by atoms with Crippen LogP contribution in [-0.4, -0.2) is 6.29 Å². The molecule has 7 atom stereocenters. The van der Waals surface area contributed by atoms with Gasteiger partial charge in [-0.2, -0.15) is 0 Å². The quantitative estimate of drug-likeness (QED) is 0.489. The first-order chi connectivity index (χ1) is 10.1. The van der Waals surface area contributed by atoms with Gasteiger partial charge < -0.3 is 4.79 Å². The van der Waals surface area contributed by atoms with Gasteiger partial charge in [-0.05, 0) is 85.9 Å². The molecule has 21 heavy (non-hydrogen) atoms. The average Bonchev–Trinajstić information content (AvgIpc) is 2.83. The molecular weight excluding hydrogens is 256 g/mol. The van der Waals surface area contributed by atoms with Gasteiger partial charge in [0.05, 0.1) is 0 Å². The third kappa shape index (κ3) is 1.79. The summed E-state index contributed by atoms with van der Waals surface area (Å²) in [5.41, 5.74) is 0.884. The first-order valence-corrected chi connectivity index (χ1v) is 9.20. The Bertz CT molecular complexity index is 466. The Morgan fingerprint density at radius 2 is 1.76 bits per heavy atom. The fraction of sp³-hybridized carbons (Fsp3) is 0.850. The van der Waals surface area contributed by atoms with E-state index in [0.717, 1.165) is 30.1 Å². The van der Waals surface area contributed by atoms with Crippen LogP contribution in [-0.2, 0) is 4.79 Å². The van der Waals surface area contributed by atoms with Gasteiger partial charge in [-0.3, -0.25) is 0 Å². The van der Waals surface area contributed by atoms with Crippen LogP contribution in [0.2, 0.25) is 0 Å². The second-order valence-electron chi connectivity index (χ2n) is 8.93. The molecule has 0 radical (unpaired) electrons. The second kappa shape index (κ2) is 4.70. The van der Waals surface area contributed by atoms with E-state index < -0.39 is 0 Å². The van der Waals surface area contributed by atoms with Gasteiger partial charge in [0, 0.05) is 5.92 Å². The third-order valence-corrected chi connectivity index (χ3v) is 8.45. The number of fused-ring (bicyclic) bond motifs is 5. The van der Waals surface area contributed by atoms with E-state index in [0.29, 0.717) is 16.7 Å². The zero-order chi connectivity index (χ0) is 14.7. The molecule has 0 N–H and O–H groups in total. The van der Waals surface area contributed by atoms with Crippen molar-refractivity contribution in [1.82, 2.24) is 0 Å². The fourth-order valence-electron chi connectivity index (χ4n) is 7.10. The molecule has 0 aromatic rings. The Morgan fingerprint density at radius 3 is 2.57 bits per heavy atom. The molecule has 0 aliphatic heterocycles. The molecular formula is C20H30O. The smallest absolute Gasteiger partial charge is 0.123 e. The van der Waals surface area contributed by atoms with Crippen molar-refractivity contribution in [3.63, 3.8) is 0 Å². The van der Waals surface area contributed by atoms with Crippen LogP contribution in [0.3, 0.4) is 0 Å². The summed E-state index contributed by atoms with van der Waals surface area (Å²) in [5, 5.41) is 0. The van der Waals surface area contributed by atoms with Gasteiger partial charge in [0.1, 0.15) is 6.29 Å². The number of carbonyl (C=O) groups is 1. The number of carbonyl (C=O) groups excluding carboxylic acids is 1. The van der Waals surface area contributed by atoms with E-state index in [-0.39, 0.29) is 0 Å². The van der Waals surface area contributed by atoms with Crippen LogP contribution in [0.4, 0.5) is 0 Å². The molecule has 1 heteroatoms. The van der Waals surface area contributed by atoms with Crippen molar-refractivity contribution in [1.29, 1.82) is 0 Å². The highest BCUT2D eigenvalue weighted by atomic mass is 16.1. The minimum Gasteiger partial charge on any atom is -0.303 e. The molecule has 3 saturated carbocycles. The molecule has 0 spiro atoms. The van der Waals surface area contributed by atoms with Crippen molar-refractivity contribution in [3.8, 4) is 0 Å². The summed E-state index contributed by atoms with van der Waals surface area (Å²) >= 11 is 0. The largest absolute Gasteiger partial charge is 0.303 e. The molecule has 1 nitrogen and oxygen atoms in total. The van der Waals surface area contributed by atoms with Gasteiger partial charge in [0.2, 0.25) is 0 Å². The van der Waals surface area contributed by atoms with Crippen molar-refractivity contribution in [3.05, 3.63) is 12.2 Å². The van der Waals surface area contributed by atoms with Crippen molar-refractivity contribution >= 4 is 6.29 Å². The highest BCUT2D eigenvalue weighted by Crippen LogP contribution is 2.66. The Kier molecular flexibility index (Phi) is 3.14. The second-order valence-corrected chi connectivity index (χ2v) is 8.93. The number of hydrogen-bond donors (Lipinski definition) is 0. The van der Waals surface area contributed by atoms with E-state index in [2.05, 4.69) is 26.0 Å². The molecule has 4 rings (SSSR count). The molecule has 0 aromatic carbocycles. The van der Waals surface area contributed by atoms with E-state index in [4.69, 9.17) is 0 Å². The van der Waals surface area contributed by atoms with Crippen LogP contribution in [0.5, 0.6) is 0 Å². The predicted octanol–water partition coefficient (Wildman–Crippen LogP) is 5.01. The van der Waals surface area contributed by atoms with Gasteiger partial charge in [0.25, 0.3) is 0 Å². The molecule has 116 valence electrons. The molecule has 2 unspecified atom stereocenters. The molecule has 0 aromatic heterocycles. The lowest BCUT2D eigenvalue weighted by molar-refractivity contribution is -0.122. The SMILES string of the molecule is C[C@]12CC=CCC1CC[C@@H]1[C@@H]2CC[C@]2(C)C(C=O)CC[C@@H]12. The number of allylic oxidation sites excluding steroid dienone is 2. The average molecular weight is 286 g/mol. The highest BCUT2D eigenvalue weighted by molar-refractivity contribution is 5.56. The number of hydrogen-bond acceptors (Lipinski definition) is 1. The maximum absolute atomic E-state index is 11.5. The van der Waals surface area contributed by atoms with Crippen LogP contribution in [0.15, 0.2) is 12.2 Å². The molecule has 0 amide bonds. The summed E-state index contributed by atoms with van der Waals surface area (Å²) in [6.45, 7) is 5.03. The Labute approximate surface area is 129 Å². The van der Waals surface area contributed by atoms with Crippen LogP contribution < -0.4 is 0 Å². The van der Waals surface area contributed by atoms with E-state index in [1.807, 2.05) is 0 Å². The van der Waals surface area contributed by atoms with Gasteiger partial charge >= 0.3 is 0 Å². The van der Waals surface area contributed by atoms with E-state index in [1.165, 1.54) is 51.2 Å². The summed E-state index contributed by atoms with van der Waals surface area (Å²) in [6, 6.07) is 0. The summed E-state index contributed by atoms with van der Waals surface area (Å²) in [7, 11) is 0. The molecule has 0 saturated heterocycles. The lowest BCUT2D eigenvalue weighted by Crippen LogP contribution is -2.52. The number of aldehydes is 1. The summed E-state index contributed by atoms with van der Waals surface area (Å²) in [6.07, 6.45) is 16.8. The zero-order valence-corrected chi connectivity index (χ0v) is 13.7. The van der Waals surface area contributed by atoms with E-state index in [9.17, 15) is 4.79 Å². The Hall–Kier alpha value is -0.590. The van der Waals surface area contributed by atoms with Gasteiger partial charge in [-0.1, -0.05) is 26.0 Å². The zero-order valence-electron chi connectivity index (χ0n) is 13.7.